The second kappa shape index (κ2) is 7.82. The smallest absolute Gasteiger partial charge is 0.222 e. The summed E-state index contributed by atoms with van der Waals surface area (Å²) in [6.07, 6.45) is 1.98. The number of carbonyl (C=O) groups is 1. The van der Waals surface area contributed by atoms with Crippen LogP contribution in [0.15, 0.2) is 30.3 Å². The molecule has 0 aliphatic rings. The average Bonchev–Trinajstić information content (AvgIpc) is 2.39. The standard InChI is InChI=1S/C14H20N2OS/c1-2-14(17)16(11-9-13(15)18)10-8-12-6-4-3-5-7-12/h3-7H,2,8-11H2,1H3,(H2,15,18). The van der Waals surface area contributed by atoms with E-state index >= 15 is 0 Å². The maximum absolute atomic E-state index is 11.8. The summed E-state index contributed by atoms with van der Waals surface area (Å²) in [6, 6.07) is 10.2. The van der Waals surface area contributed by atoms with E-state index in [-0.39, 0.29) is 5.91 Å². The molecule has 18 heavy (non-hydrogen) atoms. The molecule has 1 aromatic carbocycles. The summed E-state index contributed by atoms with van der Waals surface area (Å²) in [5.41, 5.74) is 6.72. The molecule has 0 radical (unpaired) electrons. The van der Waals surface area contributed by atoms with Gasteiger partial charge in [0, 0.05) is 25.9 Å². The van der Waals surface area contributed by atoms with Gasteiger partial charge in [0.2, 0.25) is 5.91 Å². The van der Waals surface area contributed by atoms with Crippen LogP contribution in [0.25, 0.3) is 0 Å². The number of benzene rings is 1. The monoisotopic (exact) mass is 264 g/mol. The number of rotatable bonds is 7. The van der Waals surface area contributed by atoms with Gasteiger partial charge in [0.05, 0.1) is 4.99 Å². The molecule has 0 aliphatic carbocycles. The predicted molar refractivity (Wildman–Crippen MR) is 78.4 cm³/mol. The quantitative estimate of drug-likeness (QED) is 0.768. The Morgan fingerprint density at radius 3 is 2.50 bits per heavy atom. The highest BCUT2D eigenvalue weighted by molar-refractivity contribution is 7.80. The Hall–Kier alpha value is -1.42. The van der Waals surface area contributed by atoms with Gasteiger partial charge in [-0.2, -0.15) is 0 Å². The fraction of sp³-hybridized carbons (Fsp3) is 0.429. The minimum atomic E-state index is 0.155. The number of hydrogen-bond acceptors (Lipinski definition) is 2. The number of nitrogens with zero attached hydrogens (tertiary/aromatic N) is 1. The van der Waals surface area contributed by atoms with E-state index in [9.17, 15) is 4.79 Å². The Balaban J connectivity index is 2.50. The summed E-state index contributed by atoms with van der Waals surface area (Å²) in [4.78, 5) is 14.1. The van der Waals surface area contributed by atoms with Gasteiger partial charge in [-0.05, 0) is 12.0 Å². The second-order valence-corrected chi connectivity index (χ2v) is 4.71. The van der Waals surface area contributed by atoms with Crippen LogP contribution in [0.1, 0.15) is 25.3 Å². The molecule has 0 unspecified atom stereocenters. The van der Waals surface area contributed by atoms with Crippen LogP contribution in [0.3, 0.4) is 0 Å². The summed E-state index contributed by atoms with van der Waals surface area (Å²) < 4.78 is 0. The summed E-state index contributed by atoms with van der Waals surface area (Å²) in [5.74, 6) is 0.155. The van der Waals surface area contributed by atoms with Crippen LogP contribution in [-0.2, 0) is 11.2 Å². The van der Waals surface area contributed by atoms with Gasteiger partial charge in [0.15, 0.2) is 0 Å². The molecule has 0 saturated heterocycles. The largest absolute Gasteiger partial charge is 0.393 e. The molecule has 0 atom stereocenters. The minimum Gasteiger partial charge on any atom is -0.393 e. The molecule has 0 heterocycles. The van der Waals surface area contributed by atoms with E-state index in [0.29, 0.717) is 24.4 Å². The van der Waals surface area contributed by atoms with Gasteiger partial charge in [-0.15, -0.1) is 0 Å². The van der Waals surface area contributed by atoms with Gasteiger partial charge < -0.3 is 10.6 Å². The molecule has 2 N–H and O–H groups in total. The molecule has 0 aliphatic heterocycles. The molecule has 1 amide bonds. The molecular weight excluding hydrogens is 244 g/mol. The Kier molecular flexibility index (Phi) is 6.36. The molecule has 4 heteroatoms. The normalized spacial score (nSPS) is 10.1. The molecule has 0 saturated carbocycles. The molecular formula is C14H20N2OS. The first-order valence-electron chi connectivity index (χ1n) is 6.23. The maximum Gasteiger partial charge on any atom is 0.222 e. The van der Waals surface area contributed by atoms with Gasteiger partial charge in [0.25, 0.3) is 0 Å². The Morgan fingerprint density at radius 1 is 1.28 bits per heavy atom. The second-order valence-electron chi connectivity index (χ2n) is 4.19. The Bertz CT molecular complexity index is 392. The summed E-state index contributed by atoms with van der Waals surface area (Å²) in [5, 5.41) is 0. The third-order valence-corrected chi connectivity index (χ3v) is 3.00. The van der Waals surface area contributed by atoms with Crippen LogP contribution in [-0.4, -0.2) is 28.9 Å². The highest BCUT2D eigenvalue weighted by Gasteiger charge is 2.11. The van der Waals surface area contributed by atoms with Crippen LogP contribution in [0.4, 0.5) is 0 Å². The molecule has 0 spiro atoms. The van der Waals surface area contributed by atoms with Crippen molar-refractivity contribution in [1.29, 1.82) is 0 Å². The predicted octanol–water partition coefficient (Wildman–Crippen LogP) is 2.14. The first kappa shape index (κ1) is 14.6. The van der Waals surface area contributed by atoms with Crippen LogP contribution < -0.4 is 5.73 Å². The number of thiocarbonyl (C=S) groups is 1. The lowest BCUT2D eigenvalue weighted by Crippen LogP contribution is -2.34. The van der Waals surface area contributed by atoms with Gasteiger partial charge in [0.1, 0.15) is 0 Å². The number of hydrogen-bond donors (Lipinski definition) is 1. The number of nitrogens with two attached hydrogens (primary N) is 1. The molecule has 0 fully saturated rings. The van der Waals surface area contributed by atoms with Crippen molar-refractivity contribution in [3.63, 3.8) is 0 Å². The van der Waals surface area contributed by atoms with Crippen molar-refractivity contribution in [2.45, 2.75) is 26.2 Å². The van der Waals surface area contributed by atoms with E-state index in [1.165, 1.54) is 5.56 Å². The van der Waals surface area contributed by atoms with Gasteiger partial charge in [-0.1, -0.05) is 49.5 Å². The van der Waals surface area contributed by atoms with Crippen LogP contribution >= 0.6 is 12.2 Å². The first-order chi connectivity index (χ1) is 8.63. The van der Waals surface area contributed by atoms with Crippen molar-refractivity contribution in [2.75, 3.05) is 13.1 Å². The van der Waals surface area contributed by atoms with Crippen molar-refractivity contribution < 1.29 is 4.79 Å². The van der Waals surface area contributed by atoms with E-state index in [1.807, 2.05) is 30.0 Å². The first-order valence-corrected chi connectivity index (χ1v) is 6.64. The molecule has 0 aromatic heterocycles. The highest BCUT2D eigenvalue weighted by atomic mass is 32.1. The minimum absolute atomic E-state index is 0.155. The van der Waals surface area contributed by atoms with Crippen molar-refractivity contribution >= 4 is 23.1 Å². The average molecular weight is 264 g/mol. The molecule has 1 rings (SSSR count). The van der Waals surface area contributed by atoms with E-state index < -0.39 is 0 Å². The maximum atomic E-state index is 11.8. The summed E-state index contributed by atoms with van der Waals surface area (Å²) in [7, 11) is 0. The topological polar surface area (TPSA) is 46.3 Å². The lowest BCUT2D eigenvalue weighted by atomic mass is 10.1. The Morgan fingerprint density at radius 2 is 1.94 bits per heavy atom. The fourth-order valence-electron chi connectivity index (χ4n) is 1.74. The summed E-state index contributed by atoms with van der Waals surface area (Å²) in [6.45, 7) is 3.22. The van der Waals surface area contributed by atoms with Crippen molar-refractivity contribution in [3.05, 3.63) is 35.9 Å². The van der Waals surface area contributed by atoms with E-state index in [4.69, 9.17) is 18.0 Å². The van der Waals surface area contributed by atoms with Crippen LogP contribution in [0.2, 0.25) is 0 Å². The van der Waals surface area contributed by atoms with E-state index in [0.717, 1.165) is 13.0 Å². The Labute approximate surface area is 114 Å². The van der Waals surface area contributed by atoms with E-state index in [2.05, 4.69) is 12.1 Å². The lowest BCUT2D eigenvalue weighted by Gasteiger charge is -2.22. The van der Waals surface area contributed by atoms with Crippen LogP contribution in [0, 0.1) is 0 Å². The summed E-state index contributed by atoms with van der Waals surface area (Å²) >= 11 is 4.85. The lowest BCUT2D eigenvalue weighted by molar-refractivity contribution is -0.130. The molecule has 0 bridgehead atoms. The van der Waals surface area contributed by atoms with Crippen molar-refractivity contribution in [2.24, 2.45) is 5.73 Å². The van der Waals surface area contributed by atoms with Crippen molar-refractivity contribution in [3.8, 4) is 0 Å². The van der Waals surface area contributed by atoms with Gasteiger partial charge in [-0.25, -0.2) is 0 Å². The van der Waals surface area contributed by atoms with Gasteiger partial charge in [-0.3, -0.25) is 4.79 Å². The molecule has 3 nitrogen and oxygen atoms in total. The zero-order chi connectivity index (χ0) is 13.4. The third kappa shape index (κ3) is 5.27. The van der Waals surface area contributed by atoms with Gasteiger partial charge >= 0.3 is 0 Å². The fourth-order valence-corrected chi connectivity index (χ4v) is 1.83. The molecule has 1 aromatic rings. The van der Waals surface area contributed by atoms with Crippen molar-refractivity contribution in [1.82, 2.24) is 4.90 Å². The number of carbonyl (C=O) groups excluding carboxylic acids is 1. The highest BCUT2D eigenvalue weighted by Crippen LogP contribution is 2.04. The van der Waals surface area contributed by atoms with E-state index in [1.54, 1.807) is 0 Å². The SMILES string of the molecule is CCC(=O)N(CCC(N)=S)CCc1ccccc1. The third-order valence-electron chi connectivity index (χ3n) is 2.80. The zero-order valence-corrected chi connectivity index (χ0v) is 11.6. The number of amides is 1. The zero-order valence-electron chi connectivity index (χ0n) is 10.8. The molecule has 98 valence electrons. The van der Waals surface area contributed by atoms with Crippen LogP contribution in [0.5, 0.6) is 0 Å².